The van der Waals surface area contributed by atoms with E-state index < -0.39 is 0 Å². The van der Waals surface area contributed by atoms with Crippen molar-refractivity contribution in [1.82, 2.24) is 24.5 Å². The molecule has 7 aromatic carbocycles. The van der Waals surface area contributed by atoms with Gasteiger partial charge in [0, 0.05) is 39.2 Å². The van der Waals surface area contributed by atoms with Crippen molar-refractivity contribution in [1.29, 1.82) is 0 Å². The van der Waals surface area contributed by atoms with Crippen LogP contribution in [-0.2, 0) is 0 Å². The lowest BCUT2D eigenvalue weighted by Gasteiger charge is -2.14. The molecule has 0 aliphatic rings. The molecule has 3 heterocycles. The van der Waals surface area contributed by atoms with Gasteiger partial charge in [0.2, 0.25) is 0 Å². The van der Waals surface area contributed by atoms with Crippen molar-refractivity contribution in [2.45, 2.75) is 0 Å². The molecule has 0 amide bonds. The lowest BCUT2D eigenvalue weighted by molar-refractivity contribution is 1.13. The van der Waals surface area contributed by atoms with Crippen molar-refractivity contribution in [3.05, 3.63) is 176 Å². The second-order valence-electron chi connectivity index (χ2n) is 12.7. The quantitative estimate of drug-likeness (QED) is 0.186. The standard InChI is InChI=1S/C46H29N5/c1-2-12-31(13-3-1)45-49-41(28-42(50-45)46-47-29-32-14-4-9-19-40(32)48-46)37-27-26-34(35-15-5-6-16-36(35)37)30-22-24-33(25-23-30)51-43-20-10-7-17-38(43)39-18-8-11-21-44(39)51/h1-29H. The van der Waals surface area contributed by atoms with Gasteiger partial charge in [0.15, 0.2) is 11.6 Å². The molecule has 0 atom stereocenters. The van der Waals surface area contributed by atoms with Gasteiger partial charge < -0.3 is 4.57 Å². The lowest BCUT2D eigenvalue weighted by Crippen LogP contribution is -1.99. The first-order chi connectivity index (χ1) is 25.3. The largest absolute Gasteiger partial charge is 0.309 e. The van der Waals surface area contributed by atoms with Crippen molar-refractivity contribution in [2.75, 3.05) is 0 Å². The zero-order valence-electron chi connectivity index (χ0n) is 27.5. The molecule has 0 spiro atoms. The first-order valence-electron chi connectivity index (χ1n) is 17.1. The van der Waals surface area contributed by atoms with E-state index in [-0.39, 0.29) is 0 Å². The second kappa shape index (κ2) is 11.9. The summed E-state index contributed by atoms with van der Waals surface area (Å²) in [5.74, 6) is 1.20. The molecule has 10 aromatic rings. The maximum Gasteiger partial charge on any atom is 0.178 e. The molecule has 0 bridgehead atoms. The number of benzene rings is 7. The average molecular weight is 652 g/mol. The van der Waals surface area contributed by atoms with Crippen molar-refractivity contribution in [3.63, 3.8) is 0 Å². The third-order valence-corrected chi connectivity index (χ3v) is 9.69. The highest BCUT2D eigenvalue weighted by Crippen LogP contribution is 2.38. The summed E-state index contributed by atoms with van der Waals surface area (Å²) in [5.41, 5.74) is 10.2. The van der Waals surface area contributed by atoms with Gasteiger partial charge in [-0.05, 0) is 58.3 Å². The number of nitrogens with zero attached hydrogens (tertiary/aromatic N) is 5. The topological polar surface area (TPSA) is 56.5 Å². The molecule has 0 aliphatic heterocycles. The van der Waals surface area contributed by atoms with Gasteiger partial charge in [-0.2, -0.15) is 0 Å². The maximum atomic E-state index is 5.13. The summed E-state index contributed by atoms with van der Waals surface area (Å²) < 4.78 is 2.35. The smallest absolute Gasteiger partial charge is 0.178 e. The Kier molecular flexibility index (Phi) is 6.74. The van der Waals surface area contributed by atoms with Gasteiger partial charge >= 0.3 is 0 Å². The maximum absolute atomic E-state index is 5.13. The molecule has 0 saturated carbocycles. The predicted octanol–water partition coefficient (Wildman–Crippen LogP) is 11.3. The summed E-state index contributed by atoms with van der Waals surface area (Å²) in [6.07, 6.45) is 1.86. The van der Waals surface area contributed by atoms with Crippen LogP contribution < -0.4 is 0 Å². The Labute approximate surface area is 294 Å². The Morgan fingerprint density at radius 3 is 1.73 bits per heavy atom. The second-order valence-corrected chi connectivity index (χ2v) is 12.7. The van der Waals surface area contributed by atoms with Crippen LogP contribution in [0.15, 0.2) is 176 Å². The van der Waals surface area contributed by atoms with E-state index in [4.69, 9.17) is 19.9 Å². The molecule has 0 unspecified atom stereocenters. The minimum absolute atomic E-state index is 0.568. The van der Waals surface area contributed by atoms with Crippen LogP contribution >= 0.6 is 0 Å². The minimum atomic E-state index is 0.568. The van der Waals surface area contributed by atoms with E-state index in [1.807, 2.05) is 66.9 Å². The van der Waals surface area contributed by atoms with E-state index in [9.17, 15) is 0 Å². The van der Waals surface area contributed by atoms with Crippen LogP contribution in [0.2, 0.25) is 0 Å². The molecule has 5 heteroatoms. The van der Waals surface area contributed by atoms with Crippen LogP contribution in [0.3, 0.4) is 0 Å². The third kappa shape index (κ3) is 4.94. The SMILES string of the molecule is c1ccc(-c2nc(-c3ncc4ccccc4n3)cc(-c3ccc(-c4ccc(-n5c6ccccc6c6ccccc65)cc4)c4ccccc34)n2)cc1. The summed E-state index contributed by atoms with van der Waals surface area (Å²) in [5, 5.41) is 5.78. The van der Waals surface area contributed by atoms with E-state index in [1.165, 1.54) is 27.4 Å². The van der Waals surface area contributed by atoms with Gasteiger partial charge in [-0.3, -0.25) is 0 Å². The van der Waals surface area contributed by atoms with E-state index >= 15 is 0 Å². The Hall–Kier alpha value is -6.98. The fourth-order valence-electron chi connectivity index (χ4n) is 7.28. The molecule has 0 saturated heterocycles. The number of rotatable bonds is 5. The molecular formula is C46H29N5. The lowest BCUT2D eigenvalue weighted by atomic mass is 9.93. The van der Waals surface area contributed by atoms with Crippen LogP contribution in [-0.4, -0.2) is 24.5 Å². The number of para-hydroxylation sites is 3. The summed E-state index contributed by atoms with van der Waals surface area (Å²) in [7, 11) is 0. The monoisotopic (exact) mass is 651 g/mol. The Morgan fingerprint density at radius 2 is 0.980 bits per heavy atom. The molecule has 5 nitrogen and oxygen atoms in total. The summed E-state index contributed by atoms with van der Waals surface area (Å²) in [6.45, 7) is 0. The summed E-state index contributed by atoms with van der Waals surface area (Å²) in [6, 6.07) is 59.2. The Balaban J connectivity index is 1.10. The Morgan fingerprint density at radius 1 is 0.392 bits per heavy atom. The fraction of sp³-hybridized carbons (Fsp3) is 0. The number of aromatic nitrogens is 5. The van der Waals surface area contributed by atoms with Crippen LogP contribution in [0.4, 0.5) is 0 Å². The van der Waals surface area contributed by atoms with Gasteiger partial charge in [-0.25, -0.2) is 19.9 Å². The van der Waals surface area contributed by atoms with Crippen molar-refractivity contribution in [3.8, 4) is 51.0 Å². The normalized spacial score (nSPS) is 11.5. The first-order valence-corrected chi connectivity index (χ1v) is 17.1. The van der Waals surface area contributed by atoms with E-state index in [0.29, 0.717) is 17.3 Å². The molecule has 0 aliphatic carbocycles. The van der Waals surface area contributed by atoms with Gasteiger partial charge in [0.1, 0.15) is 5.69 Å². The van der Waals surface area contributed by atoms with Crippen LogP contribution in [0.1, 0.15) is 0 Å². The highest BCUT2D eigenvalue weighted by molar-refractivity contribution is 6.09. The van der Waals surface area contributed by atoms with E-state index in [1.54, 1.807) is 0 Å². The number of fused-ring (bicyclic) bond motifs is 5. The van der Waals surface area contributed by atoms with Gasteiger partial charge in [-0.1, -0.05) is 133 Å². The Bertz CT molecular complexity index is 2860. The van der Waals surface area contributed by atoms with Crippen LogP contribution in [0.5, 0.6) is 0 Å². The zero-order chi connectivity index (χ0) is 33.7. The van der Waals surface area contributed by atoms with Crippen molar-refractivity contribution in [2.24, 2.45) is 0 Å². The molecule has 0 radical (unpaired) electrons. The molecule has 0 fully saturated rings. The fourth-order valence-corrected chi connectivity index (χ4v) is 7.28. The van der Waals surface area contributed by atoms with Gasteiger partial charge in [0.05, 0.1) is 22.2 Å². The van der Waals surface area contributed by atoms with Crippen LogP contribution in [0, 0.1) is 0 Å². The molecule has 0 N–H and O–H groups in total. The molecule has 51 heavy (non-hydrogen) atoms. The minimum Gasteiger partial charge on any atom is -0.309 e. The number of hydrogen-bond acceptors (Lipinski definition) is 4. The molecule has 238 valence electrons. The zero-order valence-corrected chi connectivity index (χ0v) is 27.5. The van der Waals surface area contributed by atoms with Crippen molar-refractivity contribution < 1.29 is 0 Å². The third-order valence-electron chi connectivity index (χ3n) is 9.69. The summed E-state index contributed by atoms with van der Waals surface area (Å²) in [4.78, 5) is 19.7. The number of hydrogen-bond donors (Lipinski definition) is 0. The van der Waals surface area contributed by atoms with Crippen molar-refractivity contribution >= 4 is 43.5 Å². The van der Waals surface area contributed by atoms with Gasteiger partial charge in [0.25, 0.3) is 0 Å². The summed E-state index contributed by atoms with van der Waals surface area (Å²) >= 11 is 0. The average Bonchev–Trinajstić information content (AvgIpc) is 3.55. The predicted molar refractivity (Wildman–Crippen MR) is 209 cm³/mol. The van der Waals surface area contributed by atoms with Crippen LogP contribution in [0.25, 0.3) is 94.5 Å². The molecule has 3 aromatic heterocycles. The first kappa shape index (κ1) is 29.0. The highest BCUT2D eigenvalue weighted by atomic mass is 15.0. The highest BCUT2D eigenvalue weighted by Gasteiger charge is 2.17. The molecule has 10 rings (SSSR count). The van der Waals surface area contributed by atoms with Gasteiger partial charge in [-0.15, -0.1) is 0 Å². The molecular weight excluding hydrogens is 623 g/mol. The van der Waals surface area contributed by atoms with E-state index in [0.717, 1.165) is 49.7 Å². The van der Waals surface area contributed by atoms with E-state index in [2.05, 4.69) is 114 Å².